The first-order chi connectivity index (χ1) is 9.07. The van der Waals surface area contributed by atoms with Gasteiger partial charge in [-0.1, -0.05) is 0 Å². The topological polar surface area (TPSA) is 73.8 Å². The molecule has 8 nitrogen and oxygen atoms in total. The zero-order chi connectivity index (χ0) is 15.7. The van der Waals surface area contributed by atoms with Gasteiger partial charge in [-0.3, -0.25) is 0 Å². The van der Waals surface area contributed by atoms with Gasteiger partial charge in [0.2, 0.25) is 0 Å². The third kappa shape index (κ3) is 4.28. The lowest BCUT2D eigenvalue weighted by Gasteiger charge is -2.45. The Morgan fingerprint density at radius 1 is 0.450 bits per heavy atom. The van der Waals surface area contributed by atoms with Crippen molar-refractivity contribution in [3.8, 4) is 0 Å². The van der Waals surface area contributed by atoms with E-state index in [1.807, 2.05) is 0 Å². The first kappa shape index (κ1) is 18.6. The van der Waals surface area contributed by atoms with Crippen LogP contribution in [-0.2, 0) is 34.2 Å². The molecule has 1 aliphatic rings. The van der Waals surface area contributed by atoms with Crippen molar-refractivity contribution >= 4 is 35.2 Å². The van der Waals surface area contributed by atoms with E-state index in [1.54, 1.807) is 26.2 Å². The van der Waals surface area contributed by atoms with Crippen molar-refractivity contribution in [3.05, 3.63) is 0 Å². The average molecular weight is 361 g/mol. The van der Waals surface area contributed by atoms with Crippen LogP contribution in [0, 0.1) is 0 Å². The van der Waals surface area contributed by atoms with Crippen LogP contribution in [0.3, 0.4) is 0 Å². The summed E-state index contributed by atoms with van der Waals surface area (Å²) < 4.78 is 45.6. The molecule has 0 aliphatic carbocycles. The van der Waals surface area contributed by atoms with E-state index < -0.39 is 35.2 Å². The first-order valence-corrected chi connectivity index (χ1v) is 15.0. The van der Waals surface area contributed by atoms with Crippen molar-refractivity contribution in [1.82, 2.24) is 0 Å². The minimum absolute atomic E-state index is 1.52. The SMILES string of the molecule is CO[Si]1(C)O[Si](C)(OC)O[Si](C)(OC)O[Si](C)(OC)O1. The van der Waals surface area contributed by atoms with E-state index in [9.17, 15) is 0 Å². The molecule has 1 aliphatic heterocycles. The lowest BCUT2D eigenvalue weighted by molar-refractivity contribution is 0.0477. The van der Waals surface area contributed by atoms with E-state index in [-0.39, 0.29) is 0 Å². The van der Waals surface area contributed by atoms with Crippen LogP contribution in [0.5, 0.6) is 0 Å². The molecular weight excluding hydrogens is 336 g/mol. The van der Waals surface area contributed by atoms with Gasteiger partial charge in [0.15, 0.2) is 0 Å². The summed E-state index contributed by atoms with van der Waals surface area (Å²) in [6.07, 6.45) is 0. The summed E-state index contributed by atoms with van der Waals surface area (Å²) in [5.41, 5.74) is 0. The van der Waals surface area contributed by atoms with Crippen LogP contribution < -0.4 is 0 Å². The van der Waals surface area contributed by atoms with Crippen LogP contribution in [0.15, 0.2) is 0 Å². The third-order valence-corrected chi connectivity index (χ3v) is 17.8. The summed E-state index contributed by atoms with van der Waals surface area (Å²) in [6.45, 7) is 7.02. The van der Waals surface area contributed by atoms with Gasteiger partial charge < -0.3 is 34.2 Å². The Kier molecular flexibility index (Phi) is 5.90. The molecule has 1 rings (SSSR count). The highest BCUT2D eigenvalue weighted by atomic mass is 28.6. The molecule has 0 amide bonds. The van der Waals surface area contributed by atoms with Gasteiger partial charge in [0.05, 0.1) is 0 Å². The molecule has 0 atom stereocenters. The fourth-order valence-electron chi connectivity index (χ4n) is 1.76. The largest absolute Gasteiger partial charge is 0.482 e. The number of rotatable bonds is 4. The Labute approximate surface area is 124 Å². The summed E-state index contributed by atoms with van der Waals surface area (Å²) in [7, 11) is -5.87. The van der Waals surface area contributed by atoms with Gasteiger partial charge in [0.1, 0.15) is 0 Å². The van der Waals surface area contributed by atoms with E-state index in [1.165, 1.54) is 28.4 Å². The zero-order valence-electron chi connectivity index (χ0n) is 13.3. The molecule has 0 N–H and O–H groups in total. The van der Waals surface area contributed by atoms with Gasteiger partial charge in [0, 0.05) is 54.6 Å². The molecule has 20 heavy (non-hydrogen) atoms. The average Bonchev–Trinajstić information content (AvgIpc) is 2.36. The van der Waals surface area contributed by atoms with Crippen LogP contribution >= 0.6 is 0 Å². The molecule has 0 aromatic carbocycles. The minimum atomic E-state index is -2.99. The van der Waals surface area contributed by atoms with Crippen molar-refractivity contribution in [1.29, 1.82) is 0 Å². The summed E-state index contributed by atoms with van der Waals surface area (Å²) in [5, 5.41) is 0. The van der Waals surface area contributed by atoms with E-state index in [0.717, 1.165) is 0 Å². The van der Waals surface area contributed by atoms with Crippen LogP contribution in [-0.4, -0.2) is 63.7 Å². The highest BCUT2D eigenvalue weighted by molar-refractivity contribution is 6.87. The fourth-order valence-corrected chi connectivity index (χ4v) is 17.4. The molecule has 1 heterocycles. The Hall–Kier alpha value is 0.548. The lowest BCUT2D eigenvalue weighted by Crippen LogP contribution is -2.69. The maximum atomic E-state index is 5.98. The van der Waals surface area contributed by atoms with Gasteiger partial charge in [-0.05, 0) is 0 Å². The molecule has 0 unspecified atom stereocenters. The predicted molar refractivity (Wildman–Crippen MR) is 78.8 cm³/mol. The minimum Gasteiger partial charge on any atom is -0.378 e. The van der Waals surface area contributed by atoms with E-state index >= 15 is 0 Å². The summed E-state index contributed by atoms with van der Waals surface area (Å²) in [4.78, 5) is 0. The highest BCUT2D eigenvalue weighted by Gasteiger charge is 2.61. The maximum Gasteiger partial charge on any atom is 0.482 e. The molecule has 120 valence electrons. The maximum absolute atomic E-state index is 5.98. The Balaban J connectivity index is 3.18. The summed E-state index contributed by atoms with van der Waals surface area (Å²) in [5.74, 6) is 0. The normalized spacial score (nSPS) is 46.8. The van der Waals surface area contributed by atoms with Gasteiger partial charge in [-0.25, -0.2) is 0 Å². The second-order valence-electron chi connectivity index (χ2n) is 4.67. The van der Waals surface area contributed by atoms with Crippen LogP contribution in [0.2, 0.25) is 26.2 Å². The van der Waals surface area contributed by atoms with Crippen molar-refractivity contribution in [2.24, 2.45) is 0 Å². The molecule has 12 heteroatoms. The van der Waals surface area contributed by atoms with Crippen molar-refractivity contribution < 1.29 is 34.2 Å². The Morgan fingerprint density at radius 3 is 0.700 bits per heavy atom. The van der Waals surface area contributed by atoms with Crippen LogP contribution in [0.4, 0.5) is 0 Å². The second kappa shape index (κ2) is 6.35. The van der Waals surface area contributed by atoms with E-state index in [0.29, 0.717) is 0 Å². The van der Waals surface area contributed by atoms with Gasteiger partial charge >= 0.3 is 35.2 Å². The molecule has 0 bridgehead atoms. The molecule has 0 radical (unpaired) electrons. The van der Waals surface area contributed by atoms with Crippen molar-refractivity contribution in [3.63, 3.8) is 0 Å². The smallest absolute Gasteiger partial charge is 0.378 e. The highest BCUT2D eigenvalue weighted by Crippen LogP contribution is 2.31. The number of hydrogen-bond acceptors (Lipinski definition) is 8. The predicted octanol–water partition coefficient (Wildman–Crippen LogP) is 0.927. The standard InChI is InChI=1S/C8H24O8Si4/c1-9-17(5)13-18(6,10-2)15-20(8,12-4)16-19(7,11-3)14-17/h1-8H3. The van der Waals surface area contributed by atoms with Crippen LogP contribution in [0.25, 0.3) is 0 Å². The van der Waals surface area contributed by atoms with Gasteiger partial charge in [0.25, 0.3) is 0 Å². The third-order valence-electron chi connectivity index (χ3n) is 2.97. The monoisotopic (exact) mass is 360 g/mol. The lowest BCUT2D eigenvalue weighted by atomic mass is 11.8. The first-order valence-electron chi connectivity index (χ1n) is 6.08. The molecule has 1 fully saturated rings. The molecule has 0 aromatic heterocycles. The van der Waals surface area contributed by atoms with Gasteiger partial charge in [-0.15, -0.1) is 0 Å². The van der Waals surface area contributed by atoms with E-state index in [4.69, 9.17) is 34.2 Å². The summed E-state index contributed by atoms with van der Waals surface area (Å²) >= 11 is 0. The molecule has 0 saturated carbocycles. The zero-order valence-corrected chi connectivity index (χ0v) is 17.3. The molecular formula is C8H24O8Si4. The number of hydrogen-bond donors (Lipinski definition) is 0. The van der Waals surface area contributed by atoms with Crippen molar-refractivity contribution in [2.75, 3.05) is 28.4 Å². The quantitative estimate of drug-likeness (QED) is 0.686. The van der Waals surface area contributed by atoms with Crippen LogP contribution in [0.1, 0.15) is 0 Å². The Morgan fingerprint density at radius 2 is 0.600 bits per heavy atom. The molecule has 0 aromatic rings. The van der Waals surface area contributed by atoms with Crippen molar-refractivity contribution in [2.45, 2.75) is 26.2 Å². The van der Waals surface area contributed by atoms with E-state index in [2.05, 4.69) is 0 Å². The van der Waals surface area contributed by atoms with Gasteiger partial charge in [-0.2, -0.15) is 0 Å². The Bertz CT molecular complexity index is 270. The molecule has 1 saturated heterocycles. The fraction of sp³-hybridized carbons (Fsp3) is 1.00. The molecule has 0 spiro atoms. The summed E-state index contributed by atoms with van der Waals surface area (Å²) in [6, 6.07) is 0. The second-order valence-corrected chi connectivity index (χ2v) is 16.5.